The van der Waals surface area contributed by atoms with Crippen LogP contribution in [0.4, 0.5) is 0 Å². The molecule has 16 heavy (non-hydrogen) atoms. The summed E-state index contributed by atoms with van der Waals surface area (Å²) in [5.41, 5.74) is 3.21. The molecular weight excluding hydrogens is 204 g/mol. The lowest BCUT2D eigenvalue weighted by molar-refractivity contribution is -0.129. The molecule has 5 nitrogen and oxygen atoms in total. The number of carbonyl (C=O) groups excluding carboxylic acids is 1. The molecular formula is C11H16N4O. The fourth-order valence-corrected chi connectivity index (χ4v) is 2.18. The highest BCUT2D eigenvalue weighted by atomic mass is 16.1. The van der Waals surface area contributed by atoms with Crippen molar-refractivity contribution in [3.05, 3.63) is 0 Å². The minimum absolute atomic E-state index is 0.444. The van der Waals surface area contributed by atoms with Gasteiger partial charge in [-0.3, -0.25) is 4.79 Å². The Bertz CT molecular complexity index is 369. The summed E-state index contributed by atoms with van der Waals surface area (Å²) < 4.78 is 0. The Morgan fingerprint density at radius 3 is 1.56 bits per heavy atom. The van der Waals surface area contributed by atoms with E-state index in [2.05, 4.69) is 5.11 Å². The van der Waals surface area contributed by atoms with Gasteiger partial charge in [0.2, 0.25) is 0 Å². The van der Waals surface area contributed by atoms with E-state index in [1.165, 1.54) is 34.6 Å². The molecule has 0 aliphatic rings. The number of hydrogen-bond donors (Lipinski definition) is 1. The summed E-state index contributed by atoms with van der Waals surface area (Å²) in [5, 5.41) is 21.6. The first-order chi connectivity index (χ1) is 7.13. The topological polar surface area (TPSA) is 101 Å². The van der Waals surface area contributed by atoms with E-state index < -0.39 is 22.2 Å². The third-order valence-electron chi connectivity index (χ3n) is 3.05. The van der Waals surface area contributed by atoms with E-state index in [0.29, 0.717) is 0 Å². The lowest BCUT2D eigenvalue weighted by atomic mass is 9.58. The second-order valence-electron chi connectivity index (χ2n) is 4.85. The monoisotopic (exact) mass is 220 g/mol. The van der Waals surface area contributed by atoms with Crippen molar-refractivity contribution in [3.8, 4) is 12.1 Å². The van der Waals surface area contributed by atoms with Crippen LogP contribution in [-0.4, -0.2) is 11.3 Å². The summed E-state index contributed by atoms with van der Waals surface area (Å²) in [6.45, 7) is 7.34. The van der Waals surface area contributed by atoms with Crippen molar-refractivity contribution in [2.24, 2.45) is 15.9 Å². The Labute approximate surface area is 95.6 Å². The van der Waals surface area contributed by atoms with Crippen LogP contribution in [0.5, 0.6) is 0 Å². The van der Waals surface area contributed by atoms with E-state index in [1.54, 1.807) is 0 Å². The van der Waals surface area contributed by atoms with Crippen LogP contribution in [0.15, 0.2) is 5.11 Å². The van der Waals surface area contributed by atoms with Gasteiger partial charge in [-0.15, -0.1) is 0 Å². The van der Waals surface area contributed by atoms with Crippen molar-refractivity contribution in [2.75, 3.05) is 0 Å². The average molecular weight is 220 g/mol. The first kappa shape index (κ1) is 14.2. The van der Waals surface area contributed by atoms with Gasteiger partial charge < -0.3 is 0 Å². The Kier molecular flexibility index (Phi) is 3.58. The van der Waals surface area contributed by atoms with Crippen LogP contribution in [0.1, 0.15) is 34.6 Å². The number of hydrogen-bond acceptors (Lipinski definition) is 5. The van der Waals surface area contributed by atoms with Crippen LogP contribution >= 0.6 is 0 Å². The minimum atomic E-state index is -1.64. The largest absolute Gasteiger partial charge is 0.297 e. The standard InChI is InChI=1S/C11H16N4O/c1-8(16)11(15-14,9(2,3)6-12)10(4,5)7-13/h14H,1-5H3. The molecule has 0 bridgehead atoms. The normalized spacial score (nSPS) is 12.4. The van der Waals surface area contributed by atoms with Crippen LogP contribution in [0.25, 0.3) is 0 Å². The molecule has 86 valence electrons. The van der Waals surface area contributed by atoms with Gasteiger partial charge in [-0.1, -0.05) is 0 Å². The lowest BCUT2D eigenvalue weighted by Crippen LogP contribution is -2.57. The summed E-state index contributed by atoms with van der Waals surface area (Å²) >= 11 is 0. The number of Topliss-reactive ketones (excluding diaryl/α,β-unsaturated/α-hetero) is 1. The van der Waals surface area contributed by atoms with Crippen molar-refractivity contribution in [2.45, 2.75) is 40.2 Å². The third-order valence-corrected chi connectivity index (χ3v) is 3.05. The van der Waals surface area contributed by atoms with Crippen LogP contribution in [-0.2, 0) is 4.79 Å². The van der Waals surface area contributed by atoms with Gasteiger partial charge in [0.1, 0.15) is 0 Å². The third kappa shape index (κ3) is 1.59. The molecule has 0 aromatic rings. The van der Waals surface area contributed by atoms with E-state index in [1.807, 2.05) is 12.1 Å². The summed E-state index contributed by atoms with van der Waals surface area (Å²) in [6, 6.07) is 3.94. The van der Waals surface area contributed by atoms with E-state index in [-0.39, 0.29) is 0 Å². The van der Waals surface area contributed by atoms with E-state index >= 15 is 0 Å². The molecule has 0 fully saturated rings. The maximum Gasteiger partial charge on any atom is 0.175 e. The summed E-state index contributed by atoms with van der Waals surface area (Å²) in [5.74, 6) is -0.444. The van der Waals surface area contributed by atoms with Gasteiger partial charge in [0.05, 0.1) is 23.0 Å². The van der Waals surface area contributed by atoms with Crippen molar-refractivity contribution >= 4 is 5.78 Å². The number of ketones is 1. The van der Waals surface area contributed by atoms with Crippen molar-refractivity contribution in [3.63, 3.8) is 0 Å². The van der Waals surface area contributed by atoms with E-state index in [9.17, 15) is 4.79 Å². The maximum atomic E-state index is 11.8. The van der Waals surface area contributed by atoms with Crippen LogP contribution in [0.2, 0.25) is 0 Å². The number of nitrogens with zero attached hydrogens (tertiary/aromatic N) is 3. The zero-order valence-corrected chi connectivity index (χ0v) is 10.2. The first-order valence-electron chi connectivity index (χ1n) is 4.85. The van der Waals surface area contributed by atoms with Gasteiger partial charge in [-0.2, -0.15) is 15.6 Å². The molecule has 0 aromatic heterocycles. The van der Waals surface area contributed by atoms with Gasteiger partial charge in [0.25, 0.3) is 0 Å². The number of rotatable bonds is 4. The first-order valence-corrected chi connectivity index (χ1v) is 4.85. The zero-order valence-electron chi connectivity index (χ0n) is 10.2. The molecule has 0 aliphatic carbocycles. The average Bonchev–Trinajstić information content (AvgIpc) is 2.18. The highest BCUT2D eigenvalue weighted by Gasteiger charge is 2.60. The summed E-state index contributed by atoms with van der Waals surface area (Å²) in [7, 11) is 0. The van der Waals surface area contributed by atoms with Crippen molar-refractivity contribution in [1.29, 1.82) is 16.1 Å². The molecule has 0 heterocycles. The molecule has 0 amide bonds. The van der Waals surface area contributed by atoms with Crippen molar-refractivity contribution < 1.29 is 4.79 Å². The number of nitrogens with one attached hydrogen (secondary N) is 1. The molecule has 0 radical (unpaired) electrons. The fraction of sp³-hybridized carbons (Fsp3) is 0.727. The Balaban J connectivity index is 6.17. The summed E-state index contributed by atoms with van der Waals surface area (Å²) in [6.07, 6.45) is 0. The second-order valence-corrected chi connectivity index (χ2v) is 4.85. The molecule has 0 spiro atoms. The van der Waals surface area contributed by atoms with Gasteiger partial charge in [-0.05, 0) is 34.6 Å². The van der Waals surface area contributed by atoms with Crippen molar-refractivity contribution in [1.82, 2.24) is 0 Å². The molecule has 5 heteroatoms. The molecule has 1 N–H and O–H groups in total. The number of carbonyl (C=O) groups is 1. The van der Waals surface area contributed by atoms with Gasteiger partial charge in [-0.25, -0.2) is 5.53 Å². The Hall–Kier alpha value is -1.75. The molecule has 0 saturated heterocycles. The predicted octanol–water partition coefficient (Wildman–Crippen LogP) is 2.44. The highest BCUT2D eigenvalue weighted by molar-refractivity contribution is 5.89. The Morgan fingerprint density at radius 2 is 1.44 bits per heavy atom. The molecule has 0 atom stereocenters. The lowest BCUT2D eigenvalue weighted by Gasteiger charge is -2.43. The quantitative estimate of drug-likeness (QED) is 0.736. The molecule has 0 rings (SSSR count). The SMILES string of the molecule is CC(=O)C(N=N)(C(C)(C)C#N)C(C)(C)C#N. The summed E-state index contributed by atoms with van der Waals surface area (Å²) in [4.78, 5) is 11.8. The minimum Gasteiger partial charge on any atom is -0.297 e. The van der Waals surface area contributed by atoms with Gasteiger partial charge in [0.15, 0.2) is 11.3 Å². The Morgan fingerprint density at radius 1 is 1.12 bits per heavy atom. The molecule has 0 saturated carbocycles. The zero-order chi connectivity index (χ0) is 13.2. The van der Waals surface area contributed by atoms with Crippen LogP contribution in [0.3, 0.4) is 0 Å². The molecule has 0 aliphatic heterocycles. The molecule has 0 unspecified atom stereocenters. The van der Waals surface area contributed by atoms with E-state index in [4.69, 9.17) is 16.1 Å². The second kappa shape index (κ2) is 4.02. The smallest absolute Gasteiger partial charge is 0.175 e. The van der Waals surface area contributed by atoms with Gasteiger partial charge in [0, 0.05) is 0 Å². The number of nitriles is 2. The predicted molar refractivity (Wildman–Crippen MR) is 57.3 cm³/mol. The fourth-order valence-electron chi connectivity index (χ4n) is 2.18. The van der Waals surface area contributed by atoms with Crippen LogP contribution in [0, 0.1) is 39.0 Å². The van der Waals surface area contributed by atoms with E-state index in [0.717, 1.165) is 0 Å². The molecule has 0 aromatic carbocycles. The highest BCUT2D eigenvalue weighted by Crippen LogP contribution is 2.47. The van der Waals surface area contributed by atoms with Crippen LogP contribution < -0.4 is 0 Å². The van der Waals surface area contributed by atoms with Gasteiger partial charge >= 0.3 is 0 Å². The maximum absolute atomic E-state index is 11.8.